The number of rotatable bonds is 5. The lowest BCUT2D eigenvalue weighted by Crippen LogP contribution is -2.42. The third-order valence-electron chi connectivity index (χ3n) is 3.73. The molecule has 2 rings (SSSR count). The highest BCUT2D eigenvalue weighted by Gasteiger charge is 2.28. The standard InChI is InChI=1S/C16H19BrN2O5/c1-2-23-15(21)11-3-5-19(6-4-11)14(20)10-24-16(22)12-7-13(17)9-18-8-12/h7-9,11H,2-6,10H2,1H3. The first-order valence-electron chi connectivity index (χ1n) is 7.73. The predicted octanol–water partition coefficient (Wildman–Crippen LogP) is 1.80. The third kappa shape index (κ3) is 5.02. The Kier molecular flexibility index (Phi) is 6.72. The molecule has 1 amide bonds. The van der Waals surface area contributed by atoms with Crippen LogP contribution in [-0.2, 0) is 19.1 Å². The number of ether oxygens (including phenoxy) is 2. The number of nitrogens with zero attached hydrogens (tertiary/aromatic N) is 2. The van der Waals surface area contributed by atoms with Gasteiger partial charge in [0.1, 0.15) is 0 Å². The first-order chi connectivity index (χ1) is 11.5. The number of likely N-dealkylation sites (tertiary alicyclic amines) is 1. The van der Waals surface area contributed by atoms with Crippen molar-refractivity contribution in [2.75, 3.05) is 26.3 Å². The van der Waals surface area contributed by atoms with E-state index in [1.165, 1.54) is 6.20 Å². The summed E-state index contributed by atoms with van der Waals surface area (Å²) >= 11 is 3.22. The minimum atomic E-state index is -0.599. The molecule has 130 valence electrons. The largest absolute Gasteiger partial charge is 0.466 e. The molecule has 24 heavy (non-hydrogen) atoms. The monoisotopic (exact) mass is 398 g/mol. The van der Waals surface area contributed by atoms with Gasteiger partial charge in [0.25, 0.3) is 5.91 Å². The molecule has 0 spiro atoms. The normalized spacial score (nSPS) is 15.0. The molecule has 0 aromatic carbocycles. The van der Waals surface area contributed by atoms with Gasteiger partial charge in [-0.25, -0.2) is 4.79 Å². The molecule has 1 aromatic heterocycles. The molecule has 1 aliphatic heterocycles. The van der Waals surface area contributed by atoms with Crippen molar-refractivity contribution >= 4 is 33.8 Å². The van der Waals surface area contributed by atoms with Gasteiger partial charge >= 0.3 is 11.9 Å². The van der Waals surface area contributed by atoms with Crippen LogP contribution in [0.25, 0.3) is 0 Å². The molecule has 0 saturated carbocycles. The Morgan fingerprint density at radius 3 is 2.58 bits per heavy atom. The number of aromatic nitrogens is 1. The fourth-order valence-corrected chi connectivity index (χ4v) is 2.81. The second kappa shape index (κ2) is 8.77. The summed E-state index contributed by atoms with van der Waals surface area (Å²) in [5.41, 5.74) is 0.276. The van der Waals surface area contributed by atoms with Crippen LogP contribution in [0.3, 0.4) is 0 Å². The summed E-state index contributed by atoms with van der Waals surface area (Å²) in [7, 11) is 0. The molecule has 2 heterocycles. The third-order valence-corrected chi connectivity index (χ3v) is 4.17. The number of hydrogen-bond donors (Lipinski definition) is 0. The quantitative estimate of drug-likeness (QED) is 0.702. The van der Waals surface area contributed by atoms with Crippen molar-refractivity contribution in [2.24, 2.45) is 5.92 Å². The zero-order valence-corrected chi connectivity index (χ0v) is 15.0. The van der Waals surface area contributed by atoms with E-state index in [0.717, 1.165) is 0 Å². The number of esters is 2. The SMILES string of the molecule is CCOC(=O)C1CCN(C(=O)COC(=O)c2cncc(Br)c2)CC1. The van der Waals surface area contributed by atoms with E-state index in [-0.39, 0.29) is 30.0 Å². The van der Waals surface area contributed by atoms with Crippen LogP contribution in [0.4, 0.5) is 0 Å². The maximum absolute atomic E-state index is 12.1. The minimum absolute atomic E-state index is 0.163. The molecule has 0 N–H and O–H groups in total. The molecule has 1 saturated heterocycles. The average molecular weight is 399 g/mol. The van der Waals surface area contributed by atoms with E-state index in [0.29, 0.717) is 37.0 Å². The van der Waals surface area contributed by atoms with Crippen molar-refractivity contribution < 1.29 is 23.9 Å². The highest BCUT2D eigenvalue weighted by molar-refractivity contribution is 9.10. The summed E-state index contributed by atoms with van der Waals surface area (Å²) in [6, 6.07) is 1.57. The molecule has 0 atom stereocenters. The van der Waals surface area contributed by atoms with E-state index >= 15 is 0 Å². The van der Waals surface area contributed by atoms with Crippen LogP contribution in [0.15, 0.2) is 22.9 Å². The Labute approximate surface area is 148 Å². The Bertz CT molecular complexity index is 614. The number of carbonyl (C=O) groups is 3. The highest BCUT2D eigenvalue weighted by Crippen LogP contribution is 2.19. The Hall–Kier alpha value is -1.96. The van der Waals surface area contributed by atoms with Gasteiger partial charge in [-0.15, -0.1) is 0 Å². The van der Waals surface area contributed by atoms with Crippen molar-refractivity contribution in [3.8, 4) is 0 Å². The molecule has 1 aromatic rings. The summed E-state index contributed by atoms with van der Waals surface area (Å²) in [6.07, 6.45) is 4.06. The highest BCUT2D eigenvalue weighted by atomic mass is 79.9. The maximum Gasteiger partial charge on any atom is 0.340 e. The number of pyridine rings is 1. The smallest absolute Gasteiger partial charge is 0.340 e. The van der Waals surface area contributed by atoms with Gasteiger partial charge in [-0.3, -0.25) is 14.6 Å². The van der Waals surface area contributed by atoms with E-state index in [9.17, 15) is 14.4 Å². The zero-order valence-electron chi connectivity index (χ0n) is 13.4. The zero-order chi connectivity index (χ0) is 17.5. The van der Waals surface area contributed by atoms with Crippen molar-refractivity contribution in [1.82, 2.24) is 9.88 Å². The van der Waals surface area contributed by atoms with Crippen LogP contribution in [-0.4, -0.2) is 54.0 Å². The van der Waals surface area contributed by atoms with Gasteiger partial charge in [0.2, 0.25) is 0 Å². The molecule has 1 fully saturated rings. The molecular weight excluding hydrogens is 380 g/mol. The van der Waals surface area contributed by atoms with E-state index in [4.69, 9.17) is 9.47 Å². The summed E-state index contributed by atoms with van der Waals surface area (Å²) in [6.45, 7) is 2.72. The molecule has 0 radical (unpaired) electrons. The Morgan fingerprint density at radius 2 is 1.96 bits per heavy atom. The number of hydrogen-bond acceptors (Lipinski definition) is 6. The average Bonchev–Trinajstić information content (AvgIpc) is 2.59. The van der Waals surface area contributed by atoms with Gasteiger partial charge in [-0.1, -0.05) is 0 Å². The van der Waals surface area contributed by atoms with Crippen molar-refractivity contribution in [2.45, 2.75) is 19.8 Å². The predicted molar refractivity (Wildman–Crippen MR) is 88.2 cm³/mol. The summed E-state index contributed by atoms with van der Waals surface area (Å²) in [5.74, 6) is -1.24. The van der Waals surface area contributed by atoms with Crippen LogP contribution in [0.1, 0.15) is 30.1 Å². The van der Waals surface area contributed by atoms with E-state index < -0.39 is 5.97 Å². The van der Waals surface area contributed by atoms with Crippen molar-refractivity contribution in [1.29, 1.82) is 0 Å². The lowest BCUT2D eigenvalue weighted by atomic mass is 9.97. The first-order valence-corrected chi connectivity index (χ1v) is 8.52. The fraction of sp³-hybridized carbons (Fsp3) is 0.500. The van der Waals surface area contributed by atoms with E-state index in [2.05, 4.69) is 20.9 Å². The van der Waals surface area contributed by atoms with Crippen LogP contribution < -0.4 is 0 Å². The summed E-state index contributed by atoms with van der Waals surface area (Å²) < 4.78 is 10.7. The second-order valence-corrected chi connectivity index (χ2v) is 6.29. The molecule has 8 heteroatoms. The molecule has 7 nitrogen and oxygen atoms in total. The lowest BCUT2D eigenvalue weighted by molar-refractivity contribution is -0.151. The van der Waals surface area contributed by atoms with Gasteiger partial charge < -0.3 is 14.4 Å². The van der Waals surface area contributed by atoms with Gasteiger partial charge in [0.05, 0.1) is 18.1 Å². The maximum atomic E-state index is 12.1. The number of piperidine rings is 1. The molecule has 0 unspecified atom stereocenters. The number of amides is 1. The Morgan fingerprint density at radius 1 is 1.25 bits per heavy atom. The van der Waals surface area contributed by atoms with Crippen molar-refractivity contribution in [3.63, 3.8) is 0 Å². The van der Waals surface area contributed by atoms with Gasteiger partial charge in [-0.05, 0) is 41.8 Å². The molecule has 0 bridgehead atoms. The summed E-state index contributed by atoms with van der Waals surface area (Å²) in [4.78, 5) is 41.1. The van der Waals surface area contributed by atoms with Gasteiger partial charge in [-0.2, -0.15) is 0 Å². The van der Waals surface area contributed by atoms with Crippen LogP contribution in [0.5, 0.6) is 0 Å². The fourth-order valence-electron chi connectivity index (χ4n) is 2.45. The number of halogens is 1. The molecule has 0 aliphatic carbocycles. The van der Waals surface area contributed by atoms with Crippen LogP contribution in [0.2, 0.25) is 0 Å². The van der Waals surface area contributed by atoms with Crippen molar-refractivity contribution in [3.05, 3.63) is 28.5 Å². The van der Waals surface area contributed by atoms with Gasteiger partial charge in [0.15, 0.2) is 6.61 Å². The molecular formula is C16H19BrN2O5. The topological polar surface area (TPSA) is 85.8 Å². The minimum Gasteiger partial charge on any atom is -0.466 e. The van der Waals surface area contributed by atoms with Crippen LogP contribution in [0, 0.1) is 5.92 Å². The molecule has 1 aliphatic rings. The lowest BCUT2D eigenvalue weighted by Gasteiger charge is -2.30. The van der Waals surface area contributed by atoms with E-state index in [1.54, 1.807) is 24.1 Å². The first kappa shape index (κ1) is 18.4. The summed E-state index contributed by atoms with van der Waals surface area (Å²) in [5, 5.41) is 0. The second-order valence-electron chi connectivity index (χ2n) is 5.38. The van der Waals surface area contributed by atoms with Crippen LogP contribution >= 0.6 is 15.9 Å². The number of carbonyl (C=O) groups excluding carboxylic acids is 3. The van der Waals surface area contributed by atoms with Gasteiger partial charge in [0, 0.05) is 30.0 Å². The van der Waals surface area contributed by atoms with E-state index in [1.807, 2.05) is 0 Å². The Balaban J connectivity index is 1.77.